The first kappa shape index (κ1) is 24.4. The molecule has 6 nitrogen and oxygen atoms in total. The summed E-state index contributed by atoms with van der Waals surface area (Å²) in [5, 5.41) is 2.72. The van der Waals surface area contributed by atoms with Gasteiger partial charge < -0.3 is 15.4 Å². The van der Waals surface area contributed by atoms with Crippen molar-refractivity contribution < 1.29 is 18.7 Å². The van der Waals surface area contributed by atoms with Crippen LogP contribution in [0.4, 0.5) is 14.9 Å². The summed E-state index contributed by atoms with van der Waals surface area (Å²) in [6, 6.07) is 22.7. The average Bonchev–Trinajstić information content (AvgIpc) is 2.88. The molecule has 3 aromatic carbocycles. The zero-order valence-corrected chi connectivity index (χ0v) is 19.5. The molecule has 0 spiro atoms. The second-order valence-corrected chi connectivity index (χ2v) is 8.90. The SMILES string of the molecule is NC1CCC(N(Cc2ccc(NC(=O)OCc3ccccc3)cc2)C(=O)c2cccc(F)c2)CC1. The number of carbonyl (C=O) groups is 2. The highest BCUT2D eigenvalue weighted by molar-refractivity contribution is 5.94. The van der Waals surface area contributed by atoms with Gasteiger partial charge in [0.25, 0.3) is 5.91 Å². The van der Waals surface area contributed by atoms with Crippen molar-refractivity contribution in [3.8, 4) is 0 Å². The number of carbonyl (C=O) groups excluding carboxylic acids is 2. The van der Waals surface area contributed by atoms with Crippen molar-refractivity contribution in [1.82, 2.24) is 4.90 Å². The van der Waals surface area contributed by atoms with Crippen LogP contribution in [0.15, 0.2) is 78.9 Å². The standard InChI is InChI=1S/C28H30FN3O3/c29-23-8-4-7-22(17-23)27(33)32(26-15-11-24(30)12-16-26)18-20-9-13-25(14-10-20)31-28(34)35-19-21-5-2-1-3-6-21/h1-10,13-14,17,24,26H,11-12,15-16,18-19,30H2,(H,31,34). The molecule has 1 fully saturated rings. The predicted octanol–water partition coefficient (Wildman–Crippen LogP) is 5.49. The molecule has 1 saturated carbocycles. The highest BCUT2D eigenvalue weighted by Crippen LogP contribution is 2.26. The molecule has 4 rings (SSSR count). The molecule has 2 amide bonds. The largest absolute Gasteiger partial charge is 0.444 e. The van der Waals surface area contributed by atoms with Crippen LogP contribution >= 0.6 is 0 Å². The Morgan fingerprint density at radius 1 is 0.914 bits per heavy atom. The maximum Gasteiger partial charge on any atom is 0.411 e. The van der Waals surface area contributed by atoms with Crippen LogP contribution in [-0.4, -0.2) is 29.0 Å². The van der Waals surface area contributed by atoms with Gasteiger partial charge in [0.2, 0.25) is 0 Å². The lowest BCUT2D eigenvalue weighted by molar-refractivity contribution is 0.0606. The first-order valence-electron chi connectivity index (χ1n) is 11.9. The molecule has 1 aliphatic carbocycles. The van der Waals surface area contributed by atoms with E-state index in [1.165, 1.54) is 12.1 Å². The Hall–Kier alpha value is -3.71. The summed E-state index contributed by atoms with van der Waals surface area (Å²) in [5.41, 5.74) is 8.82. The van der Waals surface area contributed by atoms with Crippen LogP contribution in [0.3, 0.4) is 0 Å². The minimum absolute atomic E-state index is 0.0383. The third-order valence-electron chi connectivity index (χ3n) is 6.28. The van der Waals surface area contributed by atoms with Crippen LogP contribution in [0.2, 0.25) is 0 Å². The number of nitrogens with two attached hydrogens (primary N) is 1. The minimum atomic E-state index is -0.539. The first-order valence-corrected chi connectivity index (χ1v) is 11.9. The quantitative estimate of drug-likeness (QED) is 0.473. The van der Waals surface area contributed by atoms with Gasteiger partial charge in [0.1, 0.15) is 12.4 Å². The number of hydrogen-bond acceptors (Lipinski definition) is 4. The molecule has 0 unspecified atom stereocenters. The summed E-state index contributed by atoms with van der Waals surface area (Å²) in [6.07, 6.45) is 2.80. The summed E-state index contributed by atoms with van der Waals surface area (Å²) < 4.78 is 19.0. The van der Waals surface area contributed by atoms with Crippen molar-refractivity contribution >= 4 is 17.7 Å². The van der Waals surface area contributed by atoms with E-state index in [0.717, 1.165) is 36.8 Å². The second kappa shape index (κ2) is 11.6. The minimum Gasteiger partial charge on any atom is -0.444 e. The number of nitrogens with one attached hydrogen (secondary N) is 1. The number of ether oxygens (including phenoxy) is 1. The van der Waals surface area contributed by atoms with Crippen molar-refractivity contribution in [3.05, 3.63) is 101 Å². The molecule has 182 valence electrons. The Labute approximate surface area is 204 Å². The van der Waals surface area contributed by atoms with E-state index in [2.05, 4.69) is 5.32 Å². The van der Waals surface area contributed by atoms with Crippen LogP contribution in [0.5, 0.6) is 0 Å². The van der Waals surface area contributed by atoms with E-state index >= 15 is 0 Å². The molecule has 0 heterocycles. The molecule has 0 aromatic heterocycles. The number of nitrogens with zero attached hydrogens (tertiary/aromatic N) is 1. The Bertz CT molecular complexity index is 1130. The number of halogens is 1. The molecule has 35 heavy (non-hydrogen) atoms. The fourth-order valence-corrected chi connectivity index (χ4v) is 4.33. The number of amides is 2. The van der Waals surface area contributed by atoms with Gasteiger partial charge >= 0.3 is 6.09 Å². The van der Waals surface area contributed by atoms with Gasteiger partial charge in [0.15, 0.2) is 0 Å². The fourth-order valence-electron chi connectivity index (χ4n) is 4.33. The summed E-state index contributed by atoms with van der Waals surface area (Å²) in [4.78, 5) is 27.3. The molecule has 0 atom stereocenters. The Morgan fingerprint density at radius 3 is 2.31 bits per heavy atom. The summed E-state index contributed by atoms with van der Waals surface area (Å²) in [7, 11) is 0. The van der Waals surface area contributed by atoms with E-state index in [1.807, 2.05) is 47.4 Å². The van der Waals surface area contributed by atoms with Crippen molar-refractivity contribution in [3.63, 3.8) is 0 Å². The molecule has 3 aromatic rings. The van der Waals surface area contributed by atoms with Gasteiger partial charge in [-0.05, 0) is 67.1 Å². The molecule has 7 heteroatoms. The second-order valence-electron chi connectivity index (χ2n) is 8.90. The number of rotatable bonds is 7. The molecule has 0 radical (unpaired) electrons. The van der Waals surface area contributed by atoms with Gasteiger partial charge in [-0.15, -0.1) is 0 Å². The molecular formula is C28H30FN3O3. The molecule has 0 saturated heterocycles. The summed E-state index contributed by atoms with van der Waals surface area (Å²) in [6.45, 7) is 0.570. The van der Waals surface area contributed by atoms with Crippen LogP contribution in [0.1, 0.15) is 47.2 Å². The Balaban J connectivity index is 1.41. The van der Waals surface area contributed by atoms with Crippen LogP contribution in [0, 0.1) is 5.82 Å². The molecule has 0 bridgehead atoms. The number of benzene rings is 3. The topological polar surface area (TPSA) is 84.7 Å². The van der Waals surface area contributed by atoms with Gasteiger partial charge in [-0.3, -0.25) is 10.1 Å². The van der Waals surface area contributed by atoms with Crippen LogP contribution < -0.4 is 11.1 Å². The van der Waals surface area contributed by atoms with Gasteiger partial charge in [0, 0.05) is 29.9 Å². The third-order valence-corrected chi connectivity index (χ3v) is 6.28. The number of hydrogen-bond donors (Lipinski definition) is 2. The van der Waals surface area contributed by atoms with Crippen molar-refractivity contribution in [1.29, 1.82) is 0 Å². The molecule has 3 N–H and O–H groups in total. The van der Waals surface area contributed by atoms with E-state index in [-0.39, 0.29) is 24.6 Å². The van der Waals surface area contributed by atoms with Crippen LogP contribution in [-0.2, 0) is 17.9 Å². The van der Waals surface area contributed by atoms with Gasteiger partial charge in [0.05, 0.1) is 0 Å². The maximum atomic E-state index is 13.8. The Morgan fingerprint density at radius 2 is 1.63 bits per heavy atom. The van der Waals surface area contributed by atoms with E-state index < -0.39 is 11.9 Å². The third kappa shape index (κ3) is 6.90. The monoisotopic (exact) mass is 475 g/mol. The fraction of sp³-hybridized carbons (Fsp3) is 0.286. The summed E-state index contributed by atoms with van der Waals surface area (Å²) >= 11 is 0. The lowest BCUT2D eigenvalue weighted by atomic mass is 9.90. The normalized spacial score (nSPS) is 17.4. The highest BCUT2D eigenvalue weighted by atomic mass is 19.1. The van der Waals surface area contributed by atoms with E-state index in [4.69, 9.17) is 10.5 Å². The van der Waals surface area contributed by atoms with Crippen molar-refractivity contribution in [2.45, 2.75) is 50.9 Å². The maximum absolute atomic E-state index is 13.8. The zero-order valence-electron chi connectivity index (χ0n) is 19.5. The zero-order chi connectivity index (χ0) is 24.6. The van der Waals surface area contributed by atoms with Crippen LogP contribution in [0.25, 0.3) is 0 Å². The van der Waals surface area contributed by atoms with E-state index in [9.17, 15) is 14.0 Å². The molecular weight excluding hydrogens is 445 g/mol. The number of anilines is 1. The van der Waals surface area contributed by atoms with Crippen molar-refractivity contribution in [2.24, 2.45) is 5.73 Å². The van der Waals surface area contributed by atoms with Gasteiger partial charge in [-0.25, -0.2) is 9.18 Å². The molecule has 0 aliphatic heterocycles. The molecule has 1 aliphatic rings. The predicted molar refractivity (Wildman–Crippen MR) is 133 cm³/mol. The Kier molecular flexibility index (Phi) is 8.11. The van der Waals surface area contributed by atoms with E-state index in [1.54, 1.807) is 24.3 Å². The van der Waals surface area contributed by atoms with Crippen molar-refractivity contribution in [2.75, 3.05) is 5.32 Å². The lowest BCUT2D eigenvalue weighted by Gasteiger charge is -2.36. The average molecular weight is 476 g/mol. The van der Waals surface area contributed by atoms with Gasteiger partial charge in [-0.1, -0.05) is 48.5 Å². The first-order chi connectivity index (χ1) is 17.0. The highest BCUT2D eigenvalue weighted by Gasteiger charge is 2.28. The lowest BCUT2D eigenvalue weighted by Crippen LogP contribution is -2.43. The van der Waals surface area contributed by atoms with E-state index in [0.29, 0.717) is 17.8 Å². The van der Waals surface area contributed by atoms with Gasteiger partial charge in [-0.2, -0.15) is 0 Å². The smallest absolute Gasteiger partial charge is 0.411 e. The summed E-state index contributed by atoms with van der Waals surface area (Å²) in [5.74, 6) is -0.632.